The van der Waals surface area contributed by atoms with Gasteiger partial charge < -0.3 is 14.2 Å². The first-order valence-corrected chi connectivity index (χ1v) is 12.6. The van der Waals surface area contributed by atoms with E-state index in [-0.39, 0.29) is 0 Å². The first-order chi connectivity index (χ1) is 17.7. The van der Waals surface area contributed by atoms with E-state index in [1.807, 2.05) is 60.7 Å². The molecule has 2 heterocycles. The number of rotatable bonds is 9. The smallest absolute Gasteiger partial charge is 0.145 e. The number of hydrogen-bond donors (Lipinski definition) is 0. The van der Waals surface area contributed by atoms with Crippen molar-refractivity contribution in [2.45, 2.75) is 19.3 Å². The summed E-state index contributed by atoms with van der Waals surface area (Å²) in [6.45, 7) is 4.07. The summed E-state index contributed by atoms with van der Waals surface area (Å²) in [6.07, 6.45) is 6.02. The monoisotopic (exact) mass is 483 g/mol. The first kappa shape index (κ1) is 23.9. The Bertz CT molecular complexity index is 1240. The van der Waals surface area contributed by atoms with Gasteiger partial charge in [0.15, 0.2) is 0 Å². The molecule has 0 unspecified atom stereocenters. The maximum Gasteiger partial charge on any atom is 0.145 e. The van der Waals surface area contributed by atoms with Crippen LogP contribution in [-0.4, -0.2) is 54.9 Å². The zero-order chi connectivity index (χ0) is 24.7. The third kappa shape index (κ3) is 5.55. The number of methoxy groups -OCH3 is 2. The summed E-state index contributed by atoms with van der Waals surface area (Å²) >= 11 is 0. The second-order valence-corrected chi connectivity index (χ2v) is 9.02. The largest absolute Gasteiger partial charge is 0.497 e. The van der Waals surface area contributed by atoms with Crippen LogP contribution in [0.4, 0.5) is 0 Å². The highest BCUT2D eigenvalue weighted by atomic mass is 16.5. The van der Waals surface area contributed by atoms with Gasteiger partial charge in [-0.15, -0.1) is 0 Å². The molecule has 0 spiro atoms. The molecule has 1 aliphatic rings. The highest BCUT2D eigenvalue weighted by Crippen LogP contribution is 2.30. The average molecular weight is 484 g/mol. The van der Waals surface area contributed by atoms with Gasteiger partial charge in [-0.1, -0.05) is 6.42 Å². The lowest BCUT2D eigenvalue weighted by atomic mass is 10.1. The summed E-state index contributed by atoms with van der Waals surface area (Å²) in [7, 11) is 3.35. The lowest BCUT2D eigenvalue weighted by Gasteiger charge is -2.26. The molecule has 0 saturated carbocycles. The number of benzene rings is 3. The Morgan fingerprint density at radius 3 is 1.92 bits per heavy atom. The van der Waals surface area contributed by atoms with E-state index < -0.39 is 0 Å². The van der Waals surface area contributed by atoms with Crippen molar-refractivity contribution in [1.29, 1.82) is 0 Å². The van der Waals surface area contributed by atoms with E-state index in [2.05, 4.69) is 27.8 Å². The van der Waals surface area contributed by atoms with E-state index in [1.165, 1.54) is 32.4 Å². The maximum absolute atomic E-state index is 6.04. The van der Waals surface area contributed by atoms with Gasteiger partial charge in [-0.25, -0.2) is 4.98 Å². The summed E-state index contributed by atoms with van der Waals surface area (Å²) in [5, 5.41) is 0. The lowest BCUT2D eigenvalue weighted by molar-refractivity contribution is 0.183. The molecule has 36 heavy (non-hydrogen) atoms. The topological polar surface area (TPSA) is 48.8 Å². The molecule has 0 radical (unpaired) electrons. The zero-order valence-corrected chi connectivity index (χ0v) is 21.0. The van der Waals surface area contributed by atoms with E-state index in [1.54, 1.807) is 14.2 Å². The molecule has 0 bridgehead atoms. The van der Waals surface area contributed by atoms with Gasteiger partial charge in [0.25, 0.3) is 0 Å². The first-order valence-electron chi connectivity index (χ1n) is 12.6. The fourth-order valence-corrected chi connectivity index (χ4v) is 4.60. The van der Waals surface area contributed by atoms with Crippen molar-refractivity contribution in [2.75, 3.05) is 40.5 Å². The van der Waals surface area contributed by atoms with Gasteiger partial charge in [0.1, 0.15) is 29.7 Å². The summed E-state index contributed by atoms with van der Waals surface area (Å²) in [5.74, 6) is 3.39. The van der Waals surface area contributed by atoms with Crippen LogP contribution in [0, 0.1) is 0 Å². The number of ether oxygens (including phenoxy) is 3. The minimum Gasteiger partial charge on any atom is -0.497 e. The number of imidazole rings is 1. The van der Waals surface area contributed by atoms with Crippen LogP contribution >= 0.6 is 0 Å². The second kappa shape index (κ2) is 11.3. The summed E-state index contributed by atoms with van der Waals surface area (Å²) < 4.78 is 18.8. The van der Waals surface area contributed by atoms with Gasteiger partial charge >= 0.3 is 0 Å². The van der Waals surface area contributed by atoms with Crippen LogP contribution in [0.5, 0.6) is 17.2 Å². The molecular formula is C30H33N3O3. The Morgan fingerprint density at radius 2 is 1.28 bits per heavy atom. The van der Waals surface area contributed by atoms with Crippen molar-refractivity contribution >= 4 is 0 Å². The lowest BCUT2D eigenvalue weighted by Crippen LogP contribution is -2.33. The second-order valence-electron chi connectivity index (χ2n) is 9.02. The van der Waals surface area contributed by atoms with Gasteiger partial charge in [0, 0.05) is 29.6 Å². The Kier molecular flexibility index (Phi) is 7.52. The molecule has 3 aromatic carbocycles. The quantitative estimate of drug-likeness (QED) is 0.288. The number of aromatic nitrogens is 2. The summed E-state index contributed by atoms with van der Waals surface area (Å²) in [4.78, 5) is 7.51. The summed E-state index contributed by atoms with van der Waals surface area (Å²) in [6, 6.07) is 24.2. The molecule has 1 aromatic heterocycles. The van der Waals surface area contributed by atoms with Crippen LogP contribution in [0.25, 0.3) is 28.3 Å². The molecule has 6 heteroatoms. The van der Waals surface area contributed by atoms with Crippen molar-refractivity contribution in [2.24, 2.45) is 0 Å². The van der Waals surface area contributed by atoms with E-state index in [4.69, 9.17) is 19.2 Å². The van der Waals surface area contributed by atoms with Gasteiger partial charge in [-0.3, -0.25) is 9.47 Å². The van der Waals surface area contributed by atoms with Gasteiger partial charge in [-0.05, 0) is 98.7 Å². The van der Waals surface area contributed by atoms with Crippen LogP contribution in [0.2, 0.25) is 0 Å². The highest BCUT2D eigenvalue weighted by molar-refractivity contribution is 5.68. The predicted molar refractivity (Wildman–Crippen MR) is 143 cm³/mol. The van der Waals surface area contributed by atoms with Crippen LogP contribution in [0.3, 0.4) is 0 Å². The maximum atomic E-state index is 6.04. The zero-order valence-electron chi connectivity index (χ0n) is 21.0. The molecule has 0 aliphatic carbocycles. The van der Waals surface area contributed by atoms with Crippen molar-refractivity contribution in [1.82, 2.24) is 14.5 Å². The van der Waals surface area contributed by atoms with Crippen LogP contribution in [0.1, 0.15) is 19.3 Å². The standard InChI is InChI=1S/C30H33N3O3/c1-34-26-12-6-23(7-13-26)29-22-33(25-10-16-27(35-2)17-11-25)30(31-29)24-8-14-28(15-9-24)36-21-20-32-18-4-3-5-19-32/h6-17,22H,3-5,18-21H2,1-2H3. The molecule has 0 N–H and O–H groups in total. The fraction of sp³-hybridized carbons (Fsp3) is 0.300. The Morgan fingerprint density at radius 1 is 0.694 bits per heavy atom. The highest BCUT2D eigenvalue weighted by Gasteiger charge is 2.14. The molecule has 1 aliphatic heterocycles. The van der Waals surface area contributed by atoms with E-state index >= 15 is 0 Å². The van der Waals surface area contributed by atoms with E-state index in [0.29, 0.717) is 6.61 Å². The van der Waals surface area contributed by atoms with Crippen LogP contribution in [-0.2, 0) is 0 Å². The molecule has 186 valence electrons. The third-order valence-corrected chi connectivity index (χ3v) is 6.68. The van der Waals surface area contributed by atoms with Gasteiger partial charge in [-0.2, -0.15) is 0 Å². The Labute approximate surface area is 213 Å². The molecule has 0 atom stereocenters. The van der Waals surface area contributed by atoms with Crippen molar-refractivity contribution in [3.8, 4) is 45.6 Å². The average Bonchev–Trinajstić information content (AvgIpc) is 3.40. The predicted octanol–water partition coefficient (Wildman–Crippen LogP) is 6.09. The minimum absolute atomic E-state index is 0.710. The fourth-order valence-electron chi connectivity index (χ4n) is 4.60. The van der Waals surface area contributed by atoms with Crippen LogP contribution < -0.4 is 14.2 Å². The van der Waals surface area contributed by atoms with E-state index in [9.17, 15) is 0 Å². The molecule has 6 nitrogen and oxygen atoms in total. The Hall–Kier alpha value is -3.77. The van der Waals surface area contributed by atoms with Gasteiger partial charge in [0.05, 0.1) is 19.9 Å². The number of hydrogen-bond acceptors (Lipinski definition) is 5. The SMILES string of the molecule is COc1ccc(-c2cn(-c3ccc(OC)cc3)c(-c3ccc(OCCN4CCCCC4)cc3)n2)cc1. The van der Waals surface area contributed by atoms with Crippen molar-refractivity contribution in [3.05, 3.63) is 79.0 Å². The van der Waals surface area contributed by atoms with Gasteiger partial charge in [0.2, 0.25) is 0 Å². The van der Waals surface area contributed by atoms with Crippen molar-refractivity contribution in [3.63, 3.8) is 0 Å². The molecular weight excluding hydrogens is 450 g/mol. The minimum atomic E-state index is 0.710. The molecule has 1 fully saturated rings. The molecule has 4 aromatic rings. The Balaban J connectivity index is 1.39. The normalized spacial score (nSPS) is 13.9. The van der Waals surface area contributed by atoms with Crippen LogP contribution in [0.15, 0.2) is 79.0 Å². The number of nitrogens with zero attached hydrogens (tertiary/aromatic N) is 3. The van der Waals surface area contributed by atoms with Crippen molar-refractivity contribution < 1.29 is 14.2 Å². The molecule has 5 rings (SSSR count). The molecule has 0 amide bonds. The molecule has 1 saturated heterocycles. The summed E-state index contributed by atoms with van der Waals surface area (Å²) in [5.41, 5.74) is 3.96. The number of likely N-dealkylation sites (tertiary alicyclic amines) is 1. The van der Waals surface area contributed by atoms with E-state index in [0.717, 1.165) is 52.1 Å². The third-order valence-electron chi connectivity index (χ3n) is 6.68. The number of piperidine rings is 1.